The molecule has 0 radical (unpaired) electrons. The molecule has 0 atom stereocenters. The van der Waals surface area contributed by atoms with Gasteiger partial charge in [0.05, 0.1) is 5.69 Å². The van der Waals surface area contributed by atoms with Crippen molar-refractivity contribution >= 4 is 121 Å². The van der Waals surface area contributed by atoms with Gasteiger partial charge in [-0.15, -0.1) is 22.7 Å². The Morgan fingerprint density at radius 3 is 2.15 bits per heavy atom. The lowest BCUT2D eigenvalue weighted by Crippen LogP contribution is -2.55. The van der Waals surface area contributed by atoms with Crippen LogP contribution < -0.4 is 15.8 Å². The van der Waals surface area contributed by atoms with Gasteiger partial charge >= 0.3 is 6.85 Å². The zero-order chi connectivity index (χ0) is 30.4. The highest BCUT2D eigenvalue weighted by Gasteiger charge is 2.44. The molecule has 0 saturated heterocycles. The number of hydrogen-bond acceptors (Lipinski definition) is 3. The van der Waals surface area contributed by atoms with Crippen LogP contribution in [0.4, 0.5) is 17.1 Å². The number of rotatable bonds is 1. The summed E-state index contributed by atoms with van der Waals surface area (Å²) in [6.45, 7) is 0.0693. The summed E-state index contributed by atoms with van der Waals surface area (Å²) in [4.78, 5) is 3.93. The number of thiophene rings is 2. The van der Waals surface area contributed by atoms with Crippen LogP contribution in [0.3, 0.4) is 0 Å². The summed E-state index contributed by atoms with van der Waals surface area (Å²) in [6, 6.07) is 49.9. The number of fused-ring (bicyclic) bond motifs is 13. The van der Waals surface area contributed by atoms with E-state index in [4.69, 9.17) is 0 Å². The van der Waals surface area contributed by atoms with Crippen molar-refractivity contribution in [3.8, 4) is 10.4 Å². The van der Waals surface area contributed by atoms with Crippen molar-refractivity contribution in [3.05, 3.63) is 139 Å². The number of hydrogen-bond donors (Lipinski definition) is 0. The van der Waals surface area contributed by atoms with Crippen LogP contribution in [0.1, 0.15) is 0 Å². The maximum Gasteiger partial charge on any atom is 0.333 e. The fourth-order valence-corrected chi connectivity index (χ4v) is 10.9. The van der Waals surface area contributed by atoms with E-state index in [-0.39, 0.29) is 6.85 Å². The highest BCUT2D eigenvalue weighted by atomic mass is 32.1. The van der Waals surface area contributed by atoms with Gasteiger partial charge in [0.1, 0.15) is 0 Å². The number of benzene rings is 7. The second-order valence-corrected chi connectivity index (χ2v) is 14.9. The molecule has 2 aliphatic heterocycles. The first-order chi connectivity index (χ1) is 23.3. The lowest BCUT2D eigenvalue weighted by atomic mass is 9.46. The molecule has 216 valence electrons. The molecule has 47 heavy (non-hydrogen) atoms. The Morgan fingerprint density at radius 2 is 1.28 bits per heavy atom. The summed E-state index contributed by atoms with van der Waals surface area (Å²) in [5.74, 6) is 0. The van der Waals surface area contributed by atoms with Crippen LogP contribution in [0.25, 0.3) is 74.0 Å². The third-order valence-corrected chi connectivity index (χ3v) is 12.7. The molecule has 2 aliphatic rings. The fraction of sp³-hybridized carbons (Fsp3) is 0. The number of para-hydroxylation sites is 1. The molecule has 0 N–H and O–H groups in total. The summed E-state index contributed by atoms with van der Waals surface area (Å²) in [5, 5.41) is 13.0. The molecule has 0 saturated carbocycles. The average molecular weight is 631 g/mol. The Hall–Kier alpha value is -5.36. The molecule has 12 rings (SSSR count). The monoisotopic (exact) mass is 630 g/mol. The zero-order valence-corrected chi connectivity index (χ0v) is 26.7. The maximum absolute atomic E-state index is 2.69. The van der Waals surface area contributed by atoms with Gasteiger partial charge < -0.3 is 9.38 Å². The van der Waals surface area contributed by atoms with Crippen LogP contribution in [-0.4, -0.2) is 11.3 Å². The van der Waals surface area contributed by atoms with E-state index in [0.717, 1.165) is 0 Å². The third-order valence-electron chi connectivity index (χ3n) is 10.6. The quantitative estimate of drug-likeness (QED) is 0.164. The first-order valence-electron chi connectivity index (χ1n) is 16.1. The maximum atomic E-state index is 2.69. The fourth-order valence-electron chi connectivity index (χ4n) is 8.66. The lowest BCUT2D eigenvalue weighted by Gasteiger charge is -2.38. The second kappa shape index (κ2) is 8.71. The SMILES string of the molecule is c1ccc2cc(N3c4cc5ccccc5cc4B4c5c3csc5-c3cc5sc6ccccc6c5c5c6ccccc6n4c35)ccc2c1. The topological polar surface area (TPSA) is 8.17 Å². The highest BCUT2D eigenvalue weighted by molar-refractivity contribution is 7.26. The molecule has 0 fully saturated rings. The standard InChI is InChI=1S/C42H23BN2S2/c1-2-10-25-19-28(18-17-24(25)9-1)44-34-21-27-12-4-3-11-26(27)20-32(34)43-40-35(44)23-46-42(40)31-22-37-38(30-14-6-8-16-36(30)47-37)39-29-13-5-7-15-33(29)45(43)41(31)39/h1-23H. The van der Waals surface area contributed by atoms with E-state index in [1.807, 2.05) is 22.7 Å². The van der Waals surface area contributed by atoms with Crippen molar-refractivity contribution in [2.24, 2.45) is 0 Å². The molecule has 0 amide bonds. The van der Waals surface area contributed by atoms with Gasteiger partial charge in [0.15, 0.2) is 0 Å². The molecule has 10 aromatic rings. The molecule has 7 aromatic carbocycles. The summed E-state index contributed by atoms with van der Waals surface area (Å²) < 4.78 is 5.41. The van der Waals surface area contributed by atoms with Gasteiger partial charge in [-0.25, -0.2) is 0 Å². The summed E-state index contributed by atoms with van der Waals surface area (Å²) >= 11 is 3.83. The van der Waals surface area contributed by atoms with Crippen LogP contribution in [0.2, 0.25) is 0 Å². The summed E-state index contributed by atoms with van der Waals surface area (Å²) in [5.41, 5.74) is 10.6. The van der Waals surface area contributed by atoms with Gasteiger partial charge in [-0.1, -0.05) is 97.1 Å². The van der Waals surface area contributed by atoms with Crippen LogP contribution in [-0.2, 0) is 0 Å². The molecule has 0 bridgehead atoms. The Morgan fingerprint density at radius 1 is 0.553 bits per heavy atom. The van der Waals surface area contributed by atoms with Crippen molar-refractivity contribution in [1.29, 1.82) is 0 Å². The van der Waals surface area contributed by atoms with Crippen molar-refractivity contribution in [2.45, 2.75) is 0 Å². The van der Waals surface area contributed by atoms with E-state index in [9.17, 15) is 0 Å². The lowest BCUT2D eigenvalue weighted by molar-refractivity contribution is 1.28. The highest BCUT2D eigenvalue weighted by Crippen LogP contribution is 2.52. The molecule has 2 nitrogen and oxygen atoms in total. The van der Waals surface area contributed by atoms with Gasteiger partial charge in [0, 0.05) is 69.2 Å². The zero-order valence-electron chi connectivity index (χ0n) is 25.1. The minimum absolute atomic E-state index is 0.0693. The van der Waals surface area contributed by atoms with Crippen molar-refractivity contribution in [1.82, 2.24) is 4.48 Å². The number of nitrogens with zero attached hydrogens (tertiary/aromatic N) is 2. The van der Waals surface area contributed by atoms with Gasteiger partial charge in [-0.3, -0.25) is 0 Å². The van der Waals surface area contributed by atoms with E-state index in [1.165, 1.54) is 102 Å². The molecule has 0 aliphatic carbocycles. The molecule has 5 heteroatoms. The number of aromatic nitrogens is 1. The molecule has 0 unspecified atom stereocenters. The van der Waals surface area contributed by atoms with Crippen LogP contribution in [0, 0.1) is 0 Å². The Balaban J connectivity index is 1.27. The normalized spacial score (nSPS) is 13.4. The minimum Gasteiger partial charge on any atom is -0.375 e. The smallest absolute Gasteiger partial charge is 0.333 e. The first-order valence-corrected chi connectivity index (χ1v) is 17.8. The van der Waals surface area contributed by atoms with Crippen molar-refractivity contribution in [3.63, 3.8) is 0 Å². The largest absolute Gasteiger partial charge is 0.375 e. The van der Waals surface area contributed by atoms with Gasteiger partial charge in [0.2, 0.25) is 0 Å². The Kier molecular flexibility index (Phi) is 4.60. The van der Waals surface area contributed by atoms with Gasteiger partial charge in [0.25, 0.3) is 0 Å². The summed E-state index contributed by atoms with van der Waals surface area (Å²) in [6.07, 6.45) is 0. The predicted octanol–water partition coefficient (Wildman–Crippen LogP) is 10.9. The van der Waals surface area contributed by atoms with E-state index in [1.54, 1.807) is 0 Å². The summed E-state index contributed by atoms with van der Waals surface area (Å²) in [7, 11) is 0. The van der Waals surface area contributed by atoms with E-state index in [2.05, 4.69) is 148 Å². The first kappa shape index (κ1) is 24.8. The van der Waals surface area contributed by atoms with Gasteiger partial charge in [-0.05, 0) is 68.9 Å². The molecule has 0 spiro atoms. The third kappa shape index (κ3) is 3.07. The molecule has 3 aromatic heterocycles. The second-order valence-electron chi connectivity index (χ2n) is 12.9. The number of anilines is 3. The van der Waals surface area contributed by atoms with Crippen LogP contribution >= 0.6 is 22.7 Å². The van der Waals surface area contributed by atoms with Crippen LogP contribution in [0.15, 0.2) is 139 Å². The molecule has 5 heterocycles. The van der Waals surface area contributed by atoms with E-state index >= 15 is 0 Å². The van der Waals surface area contributed by atoms with Gasteiger partial charge in [-0.2, -0.15) is 0 Å². The van der Waals surface area contributed by atoms with Crippen molar-refractivity contribution < 1.29 is 0 Å². The average Bonchev–Trinajstić information content (AvgIpc) is 3.82. The van der Waals surface area contributed by atoms with E-state index in [0.29, 0.717) is 0 Å². The van der Waals surface area contributed by atoms with Crippen molar-refractivity contribution in [2.75, 3.05) is 4.90 Å². The molecular weight excluding hydrogens is 607 g/mol. The Labute approximate surface area is 278 Å². The predicted molar refractivity (Wildman–Crippen MR) is 206 cm³/mol. The minimum atomic E-state index is 0.0693. The van der Waals surface area contributed by atoms with Crippen LogP contribution in [0.5, 0.6) is 0 Å². The van der Waals surface area contributed by atoms with E-state index < -0.39 is 0 Å². The molecular formula is C42H23BN2S2. The Bertz CT molecular complexity index is 3000.